The highest BCUT2D eigenvalue weighted by atomic mass is 19.1. The minimum Gasteiger partial charge on any atom is -0.384 e. The van der Waals surface area contributed by atoms with Crippen molar-refractivity contribution < 1.29 is 9.18 Å². The summed E-state index contributed by atoms with van der Waals surface area (Å²) in [7, 11) is 1.57. The molecule has 0 bridgehead atoms. The molecule has 1 aromatic carbocycles. The van der Waals surface area contributed by atoms with Crippen LogP contribution >= 0.6 is 0 Å². The second kappa shape index (κ2) is 9.95. The van der Waals surface area contributed by atoms with E-state index in [1.807, 2.05) is 37.3 Å². The first-order valence-electron chi connectivity index (χ1n) is 10.6. The Morgan fingerprint density at radius 2 is 2.00 bits per heavy atom. The quantitative estimate of drug-likeness (QED) is 0.290. The number of aromatic nitrogens is 3. The third-order valence-electron chi connectivity index (χ3n) is 5.10. The zero-order valence-corrected chi connectivity index (χ0v) is 18.8. The summed E-state index contributed by atoms with van der Waals surface area (Å²) in [5.74, 6) is 0.382. The topological polar surface area (TPSA) is 110 Å². The van der Waals surface area contributed by atoms with E-state index in [1.54, 1.807) is 36.0 Å². The summed E-state index contributed by atoms with van der Waals surface area (Å²) in [6.07, 6.45) is 4.99. The summed E-state index contributed by atoms with van der Waals surface area (Å²) in [6, 6.07) is 15.5. The van der Waals surface area contributed by atoms with Gasteiger partial charge in [-0.15, -0.1) is 0 Å². The van der Waals surface area contributed by atoms with E-state index in [0.29, 0.717) is 29.1 Å². The van der Waals surface area contributed by atoms with Gasteiger partial charge in [0.2, 0.25) is 0 Å². The summed E-state index contributed by atoms with van der Waals surface area (Å²) in [4.78, 5) is 21.2. The maximum atomic E-state index is 13.2. The highest BCUT2D eigenvalue weighted by molar-refractivity contribution is 6.02. The lowest BCUT2D eigenvalue weighted by Gasteiger charge is -2.12. The van der Waals surface area contributed by atoms with Crippen LogP contribution in [0.5, 0.6) is 0 Å². The number of aliphatic imine (C=N–C) groups is 1. The van der Waals surface area contributed by atoms with Crippen LogP contribution in [0.2, 0.25) is 0 Å². The molecule has 8 nitrogen and oxygen atoms in total. The summed E-state index contributed by atoms with van der Waals surface area (Å²) in [6.45, 7) is 2.21. The molecule has 0 fully saturated rings. The third kappa shape index (κ3) is 5.26. The van der Waals surface area contributed by atoms with Crippen LogP contribution in [0.1, 0.15) is 27.2 Å². The van der Waals surface area contributed by atoms with Crippen molar-refractivity contribution in [3.05, 3.63) is 101 Å². The van der Waals surface area contributed by atoms with Gasteiger partial charge >= 0.3 is 0 Å². The number of carbonyl (C=O) groups excluding carboxylic acids is 1. The van der Waals surface area contributed by atoms with Crippen molar-refractivity contribution in [1.82, 2.24) is 19.9 Å². The molecule has 0 unspecified atom stereocenters. The summed E-state index contributed by atoms with van der Waals surface area (Å²) >= 11 is 0. The Labute approximate surface area is 196 Å². The average Bonchev–Trinajstić information content (AvgIpc) is 3.26. The lowest BCUT2D eigenvalue weighted by molar-refractivity contribution is 0.0964. The van der Waals surface area contributed by atoms with Gasteiger partial charge in [-0.25, -0.2) is 13.9 Å². The van der Waals surface area contributed by atoms with E-state index in [-0.39, 0.29) is 17.6 Å². The molecule has 0 aliphatic carbocycles. The second-order valence-corrected chi connectivity index (χ2v) is 7.60. The molecule has 172 valence electrons. The smallest absolute Gasteiger partial charge is 0.254 e. The zero-order valence-electron chi connectivity index (χ0n) is 18.8. The molecule has 0 aliphatic rings. The summed E-state index contributed by atoms with van der Waals surface area (Å²) < 4.78 is 14.8. The third-order valence-corrected chi connectivity index (χ3v) is 5.10. The average molecular weight is 458 g/mol. The highest BCUT2D eigenvalue weighted by Crippen LogP contribution is 2.21. The number of fused-ring (bicyclic) bond motifs is 1. The lowest BCUT2D eigenvalue weighted by atomic mass is 10.1. The fourth-order valence-electron chi connectivity index (χ4n) is 3.37. The minimum absolute atomic E-state index is 0.230. The first-order chi connectivity index (χ1) is 16.4. The van der Waals surface area contributed by atoms with Crippen LogP contribution in [0.25, 0.3) is 11.2 Å². The Morgan fingerprint density at radius 3 is 2.74 bits per heavy atom. The number of nitrogens with one attached hydrogen (secondary N) is 2. The Balaban J connectivity index is 1.72. The number of nitrogens with zero attached hydrogens (tertiary/aromatic N) is 4. The standard InChI is InChI=1S/C25H24FN7O/c1-16-4-3-5-24(31-16)32-21(13-23(27)29-14-17-6-8-19(26)9-7-17)18-10-11-33-22(12-18)20(15-30-33)25(34)28-2/h3-13,15H,14H2,1-2H3,(H2,27,29)(H,28,34)(H,31,32)/b21-13-. The predicted molar refractivity (Wildman–Crippen MR) is 131 cm³/mol. The number of amides is 1. The largest absolute Gasteiger partial charge is 0.384 e. The van der Waals surface area contributed by atoms with E-state index in [0.717, 1.165) is 16.8 Å². The molecule has 0 saturated carbocycles. The number of halogens is 1. The molecular formula is C25H24FN7O. The van der Waals surface area contributed by atoms with Crippen LogP contribution in [0, 0.1) is 12.7 Å². The van der Waals surface area contributed by atoms with Gasteiger partial charge in [-0.05, 0) is 48.9 Å². The Kier molecular flexibility index (Phi) is 6.63. The molecule has 1 amide bonds. The molecule has 3 aromatic heterocycles. The van der Waals surface area contributed by atoms with Crippen molar-refractivity contribution >= 4 is 28.8 Å². The number of aryl methyl sites for hydroxylation is 1. The number of amidine groups is 1. The number of rotatable bonds is 7. The molecule has 0 saturated heterocycles. The van der Waals surface area contributed by atoms with Gasteiger partial charge in [0.1, 0.15) is 17.5 Å². The van der Waals surface area contributed by atoms with Gasteiger partial charge in [0.05, 0.1) is 29.5 Å². The van der Waals surface area contributed by atoms with Gasteiger partial charge in [0.15, 0.2) is 0 Å². The van der Waals surface area contributed by atoms with E-state index in [9.17, 15) is 9.18 Å². The van der Waals surface area contributed by atoms with Gasteiger partial charge in [-0.3, -0.25) is 9.79 Å². The van der Waals surface area contributed by atoms with Crippen LogP contribution in [0.3, 0.4) is 0 Å². The van der Waals surface area contributed by atoms with Crippen molar-refractivity contribution in [3.63, 3.8) is 0 Å². The number of hydrogen-bond donors (Lipinski definition) is 3. The minimum atomic E-state index is -0.302. The molecule has 0 aliphatic heterocycles. The van der Waals surface area contributed by atoms with Crippen molar-refractivity contribution in [2.24, 2.45) is 10.7 Å². The number of benzene rings is 1. The molecule has 0 spiro atoms. The van der Waals surface area contributed by atoms with Crippen molar-refractivity contribution in [2.45, 2.75) is 13.5 Å². The van der Waals surface area contributed by atoms with Crippen LogP contribution in [-0.2, 0) is 6.54 Å². The van der Waals surface area contributed by atoms with Gasteiger partial charge in [0, 0.05) is 30.6 Å². The number of pyridine rings is 2. The fourth-order valence-corrected chi connectivity index (χ4v) is 3.37. The molecule has 9 heteroatoms. The van der Waals surface area contributed by atoms with Gasteiger partial charge in [-0.1, -0.05) is 18.2 Å². The second-order valence-electron chi connectivity index (χ2n) is 7.60. The highest BCUT2D eigenvalue weighted by Gasteiger charge is 2.13. The first kappa shape index (κ1) is 22.7. The molecule has 3 heterocycles. The molecule has 0 radical (unpaired) electrons. The Morgan fingerprint density at radius 1 is 1.21 bits per heavy atom. The van der Waals surface area contributed by atoms with Crippen molar-refractivity contribution in [1.29, 1.82) is 0 Å². The van der Waals surface area contributed by atoms with Crippen LogP contribution in [-0.4, -0.2) is 33.4 Å². The van der Waals surface area contributed by atoms with Crippen LogP contribution < -0.4 is 16.4 Å². The van der Waals surface area contributed by atoms with E-state index in [4.69, 9.17) is 5.73 Å². The van der Waals surface area contributed by atoms with Crippen molar-refractivity contribution in [3.8, 4) is 0 Å². The fraction of sp³-hybridized carbons (Fsp3) is 0.120. The van der Waals surface area contributed by atoms with E-state index >= 15 is 0 Å². The summed E-state index contributed by atoms with van der Waals surface area (Å²) in [5.41, 5.74) is 10.4. The van der Waals surface area contributed by atoms with E-state index in [1.165, 1.54) is 18.3 Å². The SMILES string of the molecule is CNC(=O)c1cnn2ccc(/C(=C/C(N)=NCc3ccc(F)cc3)Nc3cccc(C)n3)cc12. The van der Waals surface area contributed by atoms with E-state index < -0.39 is 0 Å². The maximum absolute atomic E-state index is 13.2. The van der Waals surface area contributed by atoms with Crippen LogP contribution in [0.15, 0.2) is 78.1 Å². The monoisotopic (exact) mass is 457 g/mol. The molecule has 4 N–H and O–H groups in total. The molecule has 4 rings (SSSR count). The van der Waals surface area contributed by atoms with Gasteiger partial charge in [0.25, 0.3) is 5.91 Å². The van der Waals surface area contributed by atoms with E-state index in [2.05, 4.69) is 25.7 Å². The van der Waals surface area contributed by atoms with Crippen molar-refractivity contribution in [2.75, 3.05) is 12.4 Å². The normalized spacial score (nSPS) is 12.1. The predicted octanol–water partition coefficient (Wildman–Crippen LogP) is 3.55. The first-order valence-corrected chi connectivity index (χ1v) is 10.6. The Hall–Kier alpha value is -4.53. The Bertz CT molecular complexity index is 1390. The number of hydrogen-bond acceptors (Lipinski definition) is 5. The zero-order chi connectivity index (χ0) is 24.1. The van der Waals surface area contributed by atoms with Gasteiger partial charge < -0.3 is 16.4 Å². The molecule has 34 heavy (non-hydrogen) atoms. The number of anilines is 1. The maximum Gasteiger partial charge on any atom is 0.254 e. The van der Waals surface area contributed by atoms with Gasteiger partial charge in [-0.2, -0.15) is 5.10 Å². The molecular weight excluding hydrogens is 433 g/mol. The number of carbonyl (C=O) groups is 1. The number of nitrogens with two attached hydrogens (primary N) is 1. The summed E-state index contributed by atoms with van der Waals surface area (Å²) in [5, 5.41) is 10.2. The lowest BCUT2D eigenvalue weighted by Crippen LogP contribution is -2.17. The molecule has 0 atom stereocenters. The van der Waals surface area contributed by atoms with Crippen LogP contribution in [0.4, 0.5) is 10.2 Å². The molecule has 4 aromatic rings.